The Morgan fingerprint density at radius 1 is 0.889 bits per heavy atom. The summed E-state index contributed by atoms with van der Waals surface area (Å²) in [5.41, 5.74) is 6.84. The van der Waals surface area contributed by atoms with E-state index in [0.717, 1.165) is 0 Å². The maximum absolute atomic E-state index is 2.45. The first kappa shape index (κ1) is 16.5. The molecule has 0 unspecified atom stereocenters. The van der Waals surface area contributed by atoms with E-state index in [9.17, 15) is 0 Å². The summed E-state index contributed by atoms with van der Waals surface area (Å²) in [6.07, 6.45) is 7.45. The molecule has 0 nitrogen and oxygen atoms in total. The van der Waals surface area contributed by atoms with E-state index in [1.807, 2.05) is 6.56 Å². The second kappa shape index (κ2) is 5.43. The summed E-state index contributed by atoms with van der Waals surface area (Å²) in [5, 5.41) is 0. The molecule has 0 N–H and O–H groups in total. The Labute approximate surface area is 134 Å². The largest absolute Gasteiger partial charge is 1.00 e. The van der Waals surface area contributed by atoms with Gasteiger partial charge in [0.2, 0.25) is 0 Å². The SMILES string of the molecule is CC1=CC[C]2=C1C(C)(C)C1=[C](CC=C1C)[Zr+2]2.[Cl-].[Cl-]. The summed E-state index contributed by atoms with van der Waals surface area (Å²) in [7, 11) is 0. The molecule has 0 amide bonds. The van der Waals surface area contributed by atoms with Crippen LogP contribution in [-0.2, 0) is 23.2 Å². The van der Waals surface area contributed by atoms with Crippen LogP contribution in [-0.4, -0.2) is 0 Å². The van der Waals surface area contributed by atoms with Crippen molar-refractivity contribution in [3.8, 4) is 0 Å². The number of allylic oxidation sites excluding steroid dienone is 8. The quantitative estimate of drug-likeness (QED) is 0.485. The molecule has 0 aromatic heterocycles. The average molecular weight is 360 g/mol. The van der Waals surface area contributed by atoms with Crippen molar-refractivity contribution in [3.63, 3.8) is 0 Å². The van der Waals surface area contributed by atoms with Crippen LogP contribution >= 0.6 is 0 Å². The molecule has 0 radical (unpaired) electrons. The minimum Gasteiger partial charge on any atom is -1.00 e. The summed E-state index contributed by atoms with van der Waals surface area (Å²) in [6.45, 7) is 9.48. The van der Waals surface area contributed by atoms with E-state index in [0.29, 0.717) is 0 Å². The molecule has 3 aliphatic rings. The van der Waals surface area contributed by atoms with Crippen molar-refractivity contribution < 1.29 is 48.0 Å². The van der Waals surface area contributed by atoms with Gasteiger partial charge in [-0.2, -0.15) is 0 Å². The number of hydrogen-bond acceptors (Lipinski definition) is 0. The smallest absolute Gasteiger partial charge is 1.00 e. The molecular weight excluding hydrogens is 342 g/mol. The molecule has 0 bridgehead atoms. The molecule has 0 fully saturated rings. The van der Waals surface area contributed by atoms with Gasteiger partial charge in [-0.25, -0.2) is 0 Å². The summed E-state index contributed by atoms with van der Waals surface area (Å²) >= 11 is -0.412. The topological polar surface area (TPSA) is 0 Å². The van der Waals surface area contributed by atoms with Crippen LogP contribution in [0.1, 0.15) is 40.5 Å². The summed E-state index contributed by atoms with van der Waals surface area (Å²) in [5.74, 6) is 0. The number of halogens is 2. The van der Waals surface area contributed by atoms with Crippen LogP contribution in [0.2, 0.25) is 0 Å². The van der Waals surface area contributed by atoms with E-state index in [2.05, 4.69) is 39.8 Å². The molecule has 1 heterocycles. The Kier molecular flexibility index (Phi) is 4.97. The fraction of sp³-hybridized carbons (Fsp3) is 0.467. The normalized spacial score (nSPS) is 22.9. The summed E-state index contributed by atoms with van der Waals surface area (Å²) in [6, 6.07) is 0. The van der Waals surface area contributed by atoms with Gasteiger partial charge in [-0.05, 0) is 0 Å². The Morgan fingerprint density at radius 3 is 1.67 bits per heavy atom. The van der Waals surface area contributed by atoms with Crippen molar-refractivity contribution in [3.05, 3.63) is 41.0 Å². The van der Waals surface area contributed by atoms with Gasteiger partial charge in [0.15, 0.2) is 0 Å². The van der Waals surface area contributed by atoms with Gasteiger partial charge in [0.05, 0.1) is 0 Å². The molecule has 2 aliphatic carbocycles. The van der Waals surface area contributed by atoms with Crippen molar-refractivity contribution in [1.82, 2.24) is 0 Å². The van der Waals surface area contributed by atoms with Gasteiger partial charge in [-0.3, -0.25) is 0 Å². The van der Waals surface area contributed by atoms with Crippen LogP contribution in [0.5, 0.6) is 0 Å². The Bertz CT molecular complexity index is 461. The van der Waals surface area contributed by atoms with Gasteiger partial charge in [0.1, 0.15) is 0 Å². The molecule has 0 aromatic rings. The first-order chi connectivity index (χ1) is 7.51. The molecule has 1 aliphatic heterocycles. The van der Waals surface area contributed by atoms with E-state index in [-0.39, 0.29) is 30.2 Å². The predicted molar refractivity (Wildman–Crippen MR) is 64.6 cm³/mol. The Hall–Kier alpha value is 0.423. The molecule has 18 heavy (non-hydrogen) atoms. The van der Waals surface area contributed by atoms with Crippen molar-refractivity contribution in [2.24, 2.45) is 5.41 Å². The third-order valence-electron chi connectivity index (χ3n) is 4.17. The van der Waals surface area contributed by atoms with Gasteiger partial charge < -0.3 is 24.8 Å². The van der Waals surface area contributed by atoms with E-state index < -0.39 is 23.2 Å². The molecule has 0 aromatic carbocycles. The standard InChI is InChI=1S/C15H18.2ClH.Zr/c1-11-7-5-9-13(11)15(3,4)14-10-6-8-12(14)2;;;/h7-8H,5-6H2,1-4H3;2*1H;/q;;;+2/p-2. The van der Waals surface area contributed by atoms with Gasteiger partial charge >= 0.3 is 110 Å². The minimum atomic E-state index is -0.412. The zero-order valence-corrected chi connectivity index (χ0v) is 15.3. The van der Waals surface area contributed by atoms with Gasteiger partial charge in [0, 0.05) is 0 Å². The van der Waals surface area contributed by atoms with Crippen LogP contribution < -0.4 is 24.8 Å². The zero-order chi connectivity index (χ0) is 11.5. The minimum absolute atomic E-state index is 0. The molecule has 0 atom stereocenters. The maximum Gasteiger partial charge on any atom is -1.00 e. The van der Waals surface area contributed by atoms with Crippen LogP contribution in [0, 0.1) is 5.41 Å². The maximum atomic E-state index is 2.45. The van der Waals surface area contributed by atoms with Crippen LogP contribution in [0.3, 0.4) is 0 Å². The van der Waals surface area contributed by atoms with Crippen molar-refractivity contribution >= 4 is 0 Å². The van der Waals surface area contributed by atoms with Gasteiger partial charge in [-0.15, -0.1) is 0 Å². The molecule has 0 saturated carbocycles. The molecular formula is C15H18Cl2Zr. The fourth-order valence-corrected chi connectivity index (χ4v) is 8.69. The third kappa shape index (κ3) is 2.17. The van der Waals surface area contributed by atoms with Gasteiger partial charge in [-0.1, -0.05) is 0 Å². The molecule has 3 heteroatoms. The van der Waals surface area contributed by atoms with Crippen molar-refractivity contribution in [1.29, 1.82) is 0 Å². The first-order valence-corrected chi connectivity index (χ1v) is 8.56. The predicted octanol–water partition coefficient (Wildman–Crippen LogP) is -1.68. The Balaban J connectivity index is 0.000000810. The van der Waals surface area contributed by atoms with E-state index in [1.165, 1.54) is 12.8 Å². The van der Waals surface area contributed by atoms with Gasteiger partial charge in [0.25, 0.3) is 0 Å². The number of hydrogen-bond donors (Lipinski definition) is 0. The molecule has 0 spiro atoms. The fourth-order valence-electron chi connectivity index (χ4n) is 3.67. The second-order valence-electron chi connectivity index (χ2n) is 5.64. The first-order valence-electron chi connectivity index (χ1n) is 6.10. The summed E-state index contributed by atoms with van der Waals surface area (Å²) < 4.78 is 3.71. The Morgan fingerprint density at radius 2 is 1.28 bits per heavy atom. The zero-order valence-electron chi connectivity index (χ0n) is 11.3. The summed E-state index contributed by atoms with van der Waals surface area (Å²) in [4.78, 5) is 0. The van der Waals surface area contributed by atoms with E-state index >= 15 is 0 Å². The third-order valence-corrected chi connectivity index (χ3v) is 7.88. The second-order valence-corrected chi connectivity index (χ2v) is 9.22. The monoisotopic (exact) mass is 358 g/mol. The molecule has 0 saturated heterocycles. The average Bonchev–Trinajstić information content (AvgIpc) is 2.72. The van der Waals surface area contributed by atoms with E-state index in [4.69, 9.17) is 0 Å². The van der Waals surface area contributed by atoms with E-state index in [1.54, 1.807) is 22.3 Å². The number of rotatable bonds is 0. The van der Waals surface area contributed by atoms with Crippen LogP contribution in [0.25, 0.3) is 0 Å². The van der Waals surface area contributed by atoms with Crippen LogP contribution in [0.15, 0.2) is 41.0 Å². The molecule has 3 rings (SSSR count). The molecule has 96 valence electrons. The van der Waals surface area contributed by atoms with Crippen LogP contribution in [0.4, 0.5) is 0 Å². The van der Waals surface area contributed by atoms with Crippen molar-refractivity contribution in [2.45, 2.75) is 40.5 Å². The van der Waals surface area contributed by atoms with Crippen molar-refractivity contribution in [2.75, 3.05) is 0 Å².